The Labute approximate surface area is 122 Å². The van der Waals surface area contributed by atoms with Crippen molar-refractivity contribution in [3.8, 4) is 17.6 Å². The van der Waals surface area contributed by atoms with Gasteiger partial charge in [-0.1, -0.05) is 17.7 Å². The number of ether oxygens (including phenoxy) is 1. The third kappa shape index (κ3) is 3.04. The van der Waals surface area contributed by atoms with Crippen molar-refractivity contribution in [3.63, 3.8) is 0 Å². The van der Waals surface area contributed by atoms with Crippen LogP contribution in [0.25, 0.3) is 0 Å². The Morgan fingerprint density at radius 1 is 1.26 bits per heavy atom. The molecular formula is C15H12ClNOS. The molecule has 0 saturated carbocycles. The molecule has 0 atom stereocenters. The van der Waals surface area contributed by atoms with Gasteiger partial charge in [0.1, 0.15) is 23.1 Å². The predicted molar refractivity (Wildman–Crippen MR) is 79.2 cm³/mol. The van der Waals surface area contributed by atoms with Gasteiger partial charge >= 0.3 is 0 Å². The summed E-state index contributed by atoms with van der Waals surface area (Å²) < 4.78 is 5.78. The van der Waals surface area contributed by atoms with Gasteiger partial charge in [-0.3, -0.25) is 0 Å². The summed E-state index contributed by atoms with van der Waals surface area (Å²) in [7, 11) is 0. The zero-order valence-electron chi connectivity index (χ0n) is 10.6. The zero-order valence-corrected chi connectivity index (χ0v) is 12.2. The number of nitrogens with zero attached hydrogens (tertiary/aromatic N) is 1. The maximum Gasteiger partial charge on any atom is 0.146 e. The van der Waals surface area contributed by atoms with E-state index in [2.05, 4.69) is 6.07 Å². The summed E-state index contributed by atoms with van der Waals surface area (Å²) in [6.07, 6.45) is 1.94. The van der Waals surface area contributed by atoms with E-state index in [1.807, 2.05) is 31.4 Å². The molecule has 0 aliphatic rings. The van der Waals surface area contributed by atoms with Crippen molar-refractivity contribution in [2.24, 2.45) is 0 Å². The Bertz CT molecular complexity index is 649. The maximum atomic E-state index is 9.24. The molecule has 0 radical (unpaired) electrons. The van der Waals surface area contributed by atoms with Crippen LogP contribution in [0, 0.1) is 18.3 Å². The van der Waals surface area contributed by atoms with Crippen molar-refractivity contribution in [3.05, 3.63) is 52.5 Å². The van der Waals surface area contributed by atoms with E-state index >= 15 is 0 Å². The SMILES string of the molecule is CSc1cccc(Oc2ccc(Cl)c(C)c2)c1C#N. The molecule has 2 aromatic rings. The molecule has 0 saturated heterocycles. The summed E-state index contributed by atoms with van der Waals surface area (Å²) in [5.74, 6) is 1.24. The molecule has 19 heavy (non-hydrogen) atoms. The van der Waals surface area contributed by atoms with Crippen molar-refractivity contribution in [2.75, 3.05) is 6.26 Å². The van der Waals surface area contributed by atoms with Crippen LogP contribution in [0.2, 0.25) is 5.02 Å². The molecule has 96 valence electrons. The van der Waals surface area contributed by atoms with Crippen LogP contribution < -0.4 is 4.74 Å². The van der Waals surface area contributed by atoms with Crippen molar-refractivity contribution in [2.45, 2.75) is 11.8 Å². The van der Waals surface area contributed by atoms with E-state index in [9.17, 15) is 5.26 Å². The zero-order chi connectivity index (χ0) is 13.8. The number of hydrogen-bond donors (Lipinski definition) is 0. The number of thioether (sulfide) groups is 1. The molecule has 0 bridgehead atoms. The first kappa shape index (κ1) is 13.8. The van der Waals surface area contributed by atoms with Crippen LogP contribution in [0.4, 0.5) is 0 Å². The third-order valence-electron chi connectivity index (χ3n) is 2.68. The number of benzene rings is 2. The highest BCUT2D eigenvalue weighted by Gasteiger charge is 2.09. The van der Waals surface area contributed by atoms with E-state index in [0.29, 0.717) is 22.1 Å². The van der Waals surface area contributed by atoms with Gasteiger partial charge in [0.25, 0.3) is 0 Å². The second-order valence-electron chi connectivity index (χ2n) is 3.96. The van der Waals surface area contributed by atoms with Gasteiger partial charge in [0.15, 0.2) is 0 Å². The minimum absolute atomic E-state index is 0.558. The van der Waals surface area contributed by atoms with Crippen LogP contribution in [0.15, 0.2) is 41.3 Å². The van der Waals surface area contributed by atoms with E-state index in [0.717, 1.165) is 10.5 Å². The van der Waals surface area contributed by atoms with Crippen molar-refractivity contribution in [1.29, 1.82) is 5.26 Å². The molecular weight excluding hydrogens is 278 g/mol. The third-order valence-corrected chi connectivity index (χ3v) is 3.88. The number of hydrogen-bond acceptors (Lipinski definition) is 3. The molecule has 4 heteroatoms. The smallest absolute Gasteiger partial charge is 0.146 e. The molecule has 0 heterocycles. The molecule has 2 aromatic carbocycles. The van der Waals surface area contributed by atoms with Crippen molar-refractivity contribution < 1.29 is 4.74 Å². The molecule has 0 fully saturated rings. The first-order valence-electron chi connectivity index (χ1n) is 5.67. The normalized spacial score (nSPS) is 10.0. The molecule has 2 nitrogen and oxygen atoms in total. The standard InChI is InChI=1S/C15H12ClNOS/c1-10-8-11(6-7-13(10)16)18-14-4-3-5-15(19-2)12(14)9-17/h3-8H,1-2H3. The van der Waals surface area contributed by atoms with Crippen LogP contribution in [0.1, 0.15) is 11.1 Å². The van der Waals surface area contributed by atoms with E-state index in [1.54, 1.807) is 18.2 Å². The van der Waals surface area contributed by atoms with E-state index < -0.39 is 0 Å². The van der Waals surface area contributed by atoms with E-state index in [1.165, 1.54) is 11.8 Å². The minimum atomic E-state index is 0.558. The Hall–Kier alpha value is -1.63. The minimum Gasteiger partial charge on any atom is -0.456 e. The molecule has 0 unspecified atom stereocenters. The Morgan fingerprint density at radius 3 is 2.68 bits per heavy atom. The van der Waals surface area contributed by atoms with E-state index in [4.69, 9.17) is 16.3 Å². The molecule has 2 rings (SSSR count). The maximum absolute atomic E-state index is 9.24. The first-order valence-corrected chi connectivity index (χ1v) is 7.27. The largest absolute Gasteiger partial charge is 0.456 e. The quantitative estimate of drug-likeness (QED) is 0.743. The number of rotatable bonds is 3. The second kappa shape index (κ2) is 6.01. The number of aryl methyl sites for hydroxylation is 1. The number of nitriles is 1. The monoisotopic (exact) mass is 289 g/mol. The molecule has 0 spiro atoms. The molecule has 0 aliphatic carbocycles. The molecule has 0 aromatic heterocycles. The van der Waals surface area contributed by atoms with Crippen LogP contribution in [-0.4, -0.2) is 6.26 Å². The summed E-state index contributed by atoms with van der Waals surface area (Å²) in [4.78, 5) is 0.908. The summed E-state index contributed by atoms with van der Waals surface area (Å²) in [6, 6.07) is 13.2. The van der Waals surface area contributed by atoms with Gasteiger partial charge in [0.05, 0.1) is 0 Å². The fourth-order valence-electron chi connectivity index (χ4n) is 1.68. The van der Waals surface area contributed by atoms with Crippen LogP contribution in [0.5, 0.6) is 11.5 Å². The summed E-state index contributed by atoms with van der Waals surface area (Å²) in [5, 5.41) is 9.94. The van der Waals surface area contributed by atoms with Crippen molar-refractivity contribution in [1.82, 2.24) is 0 Å². The van der Waals surface area contributed by atoms with E-state index in [-0.39, 0.29) is 0 Å². The van der Waals surface area contributed by atoms with Crippen LogP contribution >= 0.6 is 23.4 Å². The highest BCUT2D eigenvalue weighted by molar-refractivity contribution is 7.98. The highest BCUT2D eigenvalue weighted by Crippen LogP contribution is 2.32. The molecule has 0 amide bonds. The summed E-state index contributed by atoms with van der Waals surface area (Å²) in [5.41, 5.74) is 1.50. The molecule has 0 aliphatic heterocycles. The Morgan fingerprint density at radius 2 is 2.05 bits per heavy atom. The lowest BCUT2D eigenvalue weighted by Crippen LogP contribution is -1.91. The van der Waals surface area contributed by atoms with Crippen LogP contribution in [-0.2, 0) is 0 Å². The van der Waals surface area contributed by atoms with Gasteiger partial charge in [0.2, 0.25) is 0 Å². The lowest BCUT2D eigenvalue weighted by molar-refractivity contribution is 0.479. The van der Waals surface area contributed by atoms with Gasteiger partial charge in [-0.15, -0.1) is 11.8 Å². The lowest BCUT2D eigenvalue weighted by Gasteiger charge is -2.10. The highest BCUT2D eigenvalue weighted by atomic mass is 35.5. The molecule has 0 N–H and O–H groups in total. The fraction of sp³-hybridized carbons (Fsp3) is 0.133. The Balaban J connectivity index is 2.38. The summed E-state index contributed by atoms with van der Waals surface area (Å²) >= 11 is 7.51. The topological polar surface area (TPSA) is 33.0 Å². The summed E-state index contributed by atoms with van der Waals surface area (Å²) in [6.45, 7) is 1.92. The van der Waals surface area contributed by atoms with Gasteiger partial charge in [-0.2, -0.15) is 5.26 Å². The predicted octanol–water partition coefficient (Wildman–Crippen LogP) is 5.03. The van der Waals surface area contributed by atoms with Gasteiger partial charge in [-0.05, 0) is 49.1 Å². The average Bonchev–Trinajstić information content (AvgIpc) is 2.42. The second-order valence-corrected chi connectivity index (χ2v) is 5.21. The van der Waals surface area contributed by atoms with Gasteiger partial charge < -0.3 is 4.74 Å². The first-order chi connectivity index (χ1) is 9.15. The van der Waals surface area contributed by atoms with Gasteiger partial charge in [0, 0.05) is 9.92 Å². The fourth-order valence-corrected chi connectivity index (χ4v) is 2.37. The number of halogens is 1. The average molecular weight is 290 g/mol. The van der Waals surface area contributed by atoms with Crippen LogP contribution in [0.3, 0.4) is 0 Å². The Kier molecular flexibility index (Phi) is 4.36. The van der Waals surface area contributed by atoms with Crippen molar-refractivity contribution >= 4 is 23.4 Å². The lowest BCUT2D eigenvalue weighted by atomic mass is 10.2. The van der Waals surface area contributed by atoms with Gasteiger partial charge in [-0.25, -0.2) is 0 Å².